The minimum atomic E-state index is 0.989. The van der Waals surface area contributed by atoms with Crippen molar-refractivity contribution in [2.75, 3.05) is 0 Å². The molecule has 4 aromatic rings. The van der Waals surface area contributed by atoms with Gasteiger partial charge in [-0.25, -0.2) is 0 Å². The molecule has 0 fully saturated rings. The summed E-state index contributed by atoms with van der Waals surface area (Å²) in [5.41, 5.74) is 5.90. The van der Waals surface area contributed by atoms with Crippen LogP contribution < -0.4 is 5.30 Å². The van der Waals surface area contributed by atoms with Crippen molar-refractivity contribution in [2.45, 2.75) is 6.16 Å². The number of fused-ring (bicyclic) bond motifs is 1. The third kappa shape index (κ3) is 4.28. The van der Waals surface area contributed by atoms with Crippen LogP contribution >= 0.6 is 18.5 Å². The van der Waals surface area contributed by atoms with E-state index in [0.717, 1.165) is 17.3 Å². The number of benzene rings is 4. The first-order valence-corrected chi connectivity index (χ1v) is 10.3. The molecule has 0 bridgehead atoms. The summed E-state index contributed by atoms with van der Waals surface area (Å²) in [6, 6.07) is 30.0. The zero-order chi connectivity index (χ0) is 18.6. The molecule has 4 aromatic carbocycles. The molecule has 0 amide bonds. The van der Waals surface area contributed by atoms with E-state index < -0.39 is 0 Å². The highest BCUT2D eigenvalue weighted by molar-refractivity contribution is 7.27. The standard InChI is InChI=1S/C25H20P2/c26-17-20-4-8-21(9-5-20)23-12-11-22-15-19(3-10-24(22)16-23)2-1-18-6-13-25(27)14-7-18/h3-16H,17,26-27H2. The molecule has 0 saturated carbocycles. The highest BCUT2D eigenvalue weighted by Gasteiger charge is 2.01. The van der Waals surface area contributed by atoms with Crippen molar-refractivity contribution < 1.29 is 0 Å². The van der Waals surface area contributed by atoms with E-state index in [-0.39, 0.29) is 0 Å². The molecule has 0 radical (unpaired) electrons. The molecule has 0 heterocycles. The zero-order valence-electron chi connectivity index (χ0n) is 14.9. The predicted octanol–water partition coefficient (Wildman–Crippen LogP) is 5.78. The number of hydrogen-bond acceptors (Lipinski definition) is 0. The van der Waals surface area contributed by atoms with Gasteiger partial charge in [-0.15, -0.1) is 18.5 Å². The molecule has 0 aliphatic rings. The van der Waals surface area contributed by atoms with E-state index in [2.05, 4.69) is 103 Å². The third-order valence-corrected chi connectivity index (χ3v) is 5.48. The van der Waals surface area contributed by atoms with Gasteiger partial charge in [-0.1, -0.05) is 66.4 Å². The Kier molecular flexibility index (Phi) is 5.36. The Labute approximate surface area is 165 Å². The topological polar surface area (TPSA) is 0 Å². The molecule has 2 heteroatoms. The van der Waals surface area contributed by atoms with Gasteiger partial charge in [-0.2, -0.15) is 0 Å². The zero-order valence-corrected chi connectivity index (χ0v) is 17.3. The van der Waals surface area contributed by atoms with Crippen molar-refractivity contribution in [1.82, 2.24) is 0 Å². The van der Waals surface area contributed by atoms with Crippen LogP contribution in [0.3, 0.4) is 0 Å². The maximum atomic E-state index is 3.27. The molecule has 0 aliphatic carbocycles. The second-order valence-corrected chi connectivity index (χ2v) is 7.62. The molecular formula is C25H20P2. The Morgan fingerprint density at radius 2 is 1.19 bits per heavy atom. The van der Waals surface area contributed by atoms with Crippen molar-refractivity contribution in [2.24, 2.45) is 0 Å². The average molecular weight is 382 g/mol. The van der Waals surface area contributed by atoms with E-state index in [4.69, 9.17) is 0 Å². The summed E-state index contributed by atoms with van der Waals surface area (Å²) in [6.45, 7) is 0. The summed E-state index contributed by atoms with van der Waals surface area (Å²) in [5.74, 6) is 6.51. The first-order chi connectivity index (χ1) is 13.2. The summed E-state index contributed by atoms with van der Waals surface area (Å²) in [5, 5.41) is 3.62. The largest absolute Gasteiger partial charge is 0.133 e. The first kappa shape index (κ1) is 17.9. The van der Waals surface area contributed by atoms with E-state index in [9.17, 15) is 0 Å². The van der Waals surface area contributed by atoms with Crippen molar-refractivity contribution in [1.29, 1.82) is 0 Å². The van der Waals surface area contributed by atoms with Gasteiger partial charge in [0.05, 0.1) is 0 Å². The maximum absolute atomic E-state index is 3.27. The second-order valence-electron chi connectivity index (χ2n) is 6.55. The molecule has 0 nitrogen and oxygen atoms in total. The van der Waals surface area contributed by atoms with E-state index in [0.29, 0.717) is 0 Å². The van der Waals surface area contributed by atoms with Crippen LogP contribution in [0.25, 0.3) is 21.9 Å². The Hall–Kier alpha value is -2.44. The highest BCUT2D eigenvalue weighted by Crippen LogP contribution is 2.26. The van der Waals surface area contributed by atoms with Gasteiger partial charge < -0.3 is 0 Å². The van der Waals surface area contributed by atoms with Gasteiger partial charge in [-0.3, -0.25) is 0 Å². The smallest absolute Gasteiger partial charge is 0.0255 e. The number of hydrogen-bond donors (Lipinski definition) is 0. The van der Waals surface area contributed by atoms with Crippen molar-refractivity contribution in [3.05, 3.63) is 102 Å². The average Bonchev–Trinajstić information content (AvgIpc) is 2.73. The van der Waals surface area contributed by atoms with Crippen LogP contribution in [0.15, 0.2) is 84.9 Å². The van der Waals surface area contributed by atoms with E-state index >= 15 is 0 Å². The number of rotatable bonds is 2. The summed E-state index contributed by atoms with van der Waals surface area (Å²) >= 11 is 0. The molecule has 0 spiro atoms. The van der Waals surface area contributed by atoms with Gasteiger partial charge in [0.15, 0.2) is 0 Å². The van der Waals surface area contributed by atoms with E-state index in [1.807, 2.05) is 12.1 Å². The molecule has 130 valence electrons. The molecule has 4 rings (SSSR count). The molecule has 0 aromatic heterocycles. The quantitative estimate of drug-likeness (QED) is 0.304. The van der Waals surface area contributed by atoms with Crippen LogP contribution in [-0.4, -0.2) is 0 Å². The van der Waals surface area contributed by atoms with Gasteiger partial charge >= 0.3 is 0 Å². The van der Waals surface area contributed by atoms with Crippen LogP contribution in [0, 0.1) is 11.8 Å². The lowest BCUT2D eigenvalue weighted by Gasteiger charge is -2.06. The molecule has 0 saturated heterocycles. The lowest BCUT2D eigenvalue weighted by atomic mass is 9.99. The molecule has 0 N–H and O–H groups in total. The summed E-state index contributed by atoms with van der Waals surface area (Å²) in [7, 11) is 5.46. The monoisotopic (exact) mass is 382 g/mol. The van der Waals surface area contributed by atoms with Crippen LogP contribution in [-0.2, 0) is 6.16 Å². The normalized spacial score (nSPS) is 10.4. The van der Waals surface area contributed by atoms with Gasteiger partial charge in [-0.05, 0) is 69.3 Å². The highest BCUT2D eigenvalue weighted by atomic mass is 31.0. The van der Waals surface area contributed by atoms with Gasteiger partial charge in [0.1, 0.15) is 0 Å². The van der Waals surface area contributed by atoms with Gasteiger partial charge in [0.25, 0.3) is 0 Å². The Balaban J connectivity index is 1.63. The minimum Gasteiger partial charge on any atom is -0.133 e. The van der Waals surface area contributed by atoms with Crippen LogP contribution in [0.2, 0.25) is 0 Å². The minimum absolute atomic E-state index is 0.989. The molecule has 27 heavy (non-hydrogen) atoms. The van der Waals surface area contributed by atoms with E-state index in [1.54, 1.807) is 0 Å². The molecule has 2 atom stereocenters. The van der Waals surface area contributed by atoms with Crippen LogP contribution in [0.4, 0.5) is 0 Å². The fourth-order valence-electron chi connectivity index (χ4n) is 3.05. The molecular weight excluding hydrogens is 362 g/mol. The lowest BCUT2D eigenvalue weighted by Crippen LogP contribution is -1.87. The Morgan fingerprint density at radius 3 is 1.93 bits per heavy atom. The van der Waals surface area contributed by atoms with Crippen LogP contribution in [0.1, 0.15) is 16.7 Å². The fraction of sp³-hybridized carbons (Fsp3) is 0.0400. The summed E-state index contributed by atoms with van der Waals surface area (Å²) in [6.07, 6.45) is 0.989. The van der Waals surface area contributed by atoms with Gasteiger partial charge in [0.2, 0.25) is 0 Å². The molecule has 0 aliphatic heterocycles. The van der Waals surface area contributed by atoms with Crippen molar-refractivity contribution in [3.8, 4) is 23.0 Å². The SMILES string of the molecule is PCc1ccc(-c2ccc3cc(C#Cc4ccc(P)cc4)ccc3c2)cc1. The first-order valence-electron chi connectivity index (χ1n) is 8.92. The fourth-order valence-corrected chi connectivity index (χ4v) is 3.51. The van der Waals surface area contributed by atoms with Crippen molar-refractivity contribution in [3.63, 3.8) is 0 Å². The summed E-state index contributed by atoms with van der Waals surface area (Å²) in [4.78, 5) is 0. The summed E-state index contributed by atoms with van der Waals surface area (Å²) < 4.78 is 0. The Morgan fingerprint density at radius 1 is 0.593 bits per heavy atom. The van der Waals surface area contributed by atoms with Crippen LogP contribution in [0.5, 0.6) is 0 Å². The third-order valence-electron chi connectivity index (χ3n) is 4.63. The predicted molar refractivity (Wildman–Crippen MR) is 125 cm³/mol. The van der Waals surface area contributed by atoms with Crippen molar-refractivity contribution >= 4 is 34.6 Å². The maximum Gasteiger partial charge on any atom is 0.0255 e. The lowest BCUT2D eigenvalue weighted by molar-refractivity contribution is 1.42. The van der Waals surface area contributed by atoms with Gasteiger partial charge in [0, 0.05) is 11.1 Å². The van der Waals surface area contributed by atoms with E-state index in [1.165, 1.54) is 32.8 Å². The second kappa shape index (κ2) is 8.06. The Bertz CT molecular complexity index is 1150. The molecule has 2 unspecified atom stereocenters.